The zero-order valence-electron chi connectivity index (χ0n) is 9.70. The van der Waals surface area contributed by atoms with Gasteiger partial charge in [-0.2, -0.15) is 0 Å². The Bertz CT molecular complexity index is 607. The molecule has 0 aliphatic heterocycles. The van der Waals surface area contributed by atoms with Crippen molar-refractivity contribution in [3.05, 3.63) is 58.0 Å². The van der Waals surface area contributed by atoms with Crippen molar-refractivity contribution in [3.8, 4) is 0 Å². The molecule has 0 aliphatic carbocycles. The Labute approximate surface area is 107 Å². The molecular weight excluding hydrogens is 252 g/mol. The molecule has 0 amide bonds. The van der Waals surface area contributed by atoms with Gasteiger partial charge < -0.3 is 14.8 Å². The lowest BCUT2D eigenvalue weighted by Gasteiger charge is -2.08. The molecule has 0 unspecified atom stereocenters. The van der Waals surface area contributed by atoms with Crippen molar-refractivity contribution in [2.24, 2.45) is 0 Å². The van der Waals surface area contributed by atoms with Gasteiger partial charge in [0.15, 0.2) is 0 Å². The standard InChI is InChI=1S/C12H10N2O5/c15-12(16)10-2-1-9(14(17)18)5-11(10)13-6-8-3-4-19-7-8/h1-5,7,13H,6H2,(H,15,16). The largest absolute Gasteiger partial charge is 0.478 e. The molecule has 0 radical (unpaired) electrons. The van der Waals surface area contributed by atoms with Gasteiger partial charge in [0, 0.05) is 24.2 Å². The van der Waals surface area contributed by atoms with Crippen LogP contribution in [0.15, 0.2) is 41.2 Å². The molecule has 0 spiro atoms. The quantitative estimate of drug-likeness (QED) is 0.633. The molecule has 0 bridgehead atoms. The fourth-order valence-electron chi connectivity index (χ4n) is 1.57. The van der Waals surface area contributed by atoms with Crippen LogP contribution >= 0.6 is 0 Å². The van der Waals surface area contributed by atoms with E-state index >= 15 is 0 Å². The van der Waals surface area contributed by atoms with E-state index in [1.54, 1.807) is 6.07 Å². The number of furan rings is 1. The maximum Gasteiger partial charge on any atom is 0.337 e. The first kappa shape index (κ1) is 12.6. The topological polar surface area (TPSA) is 106 Å². The lowest BCUT2D eigenvalue weighted by Crippen LogP contribution is -2.06. The van der Waals surface area contributed by atoms with Crippen LogP contribution in [-0.4, -0.2) is 16.0 Å². The van der Waals surface area contributed by atoms with E-state index < -0.39 is 10.9 Å². The van der Waals surface area contributed by atoms with Crippen LogP contribution in [0.5, 0.6) is 0 Å². The van der Waals surface area contributed by atoms with Crippen LogP contribution in [-0.2, 0) is 6.54 Å². The Morgan fingerprint density at radius 2 is 2.21 bits per heavy atom. The Kier molecular flexibility index (Phi) is 3.46. The lowest BCUT2D eigenvalue weighted by molar-refractivity contribution is -0.384. The predicted molar refractivity (Wildman–Crippen MR) is 66.1 cm³/mol. The summed E-state index contributed by atoms with van der Waals surface area (Å²) in [6.45, 7) is 0.317. The molecule has 1 aromatic heterocycles. The molecule has 1 heterocycles. The van der Waals surface area contributed by atoms with Crippen molar-refractivity contribution in [1.82, 2.24) is 0 Å². The summed E-state index contributed by atoms with van der Waals surface area (Å²) < 4.78 is 4.88. The van der Waals surface area contributed by atoms with Gasteiger partial charge in [-0.25, -0.2) is 4.79 Å². The van der Waals surface area contributed by atoms with Crippen LogP contribution in [0.1, 0.15) is 15.9 Å². The number of nitrogens with zero attached hydrogens (tertiary/aromatic N) is 1. The van der Waals surface area contributed by atoms with Crippen molar-refractivity contribution in [3.63, 3.8) is 0 Å². The maximum absolute atomic E-state index is 11.0. The van der Waals surface area contributed by atoms with Crippen molar-refractivity contribution in [2.75, 3.05) is 5.32 Å². The molecule has 2 rings (SSSR count). The number of benzene rings is 1. The third-order valence-electron chi connectivity index (χ3n) is 2.51. The van der Waals surface area contributed by atoms with E-state index in [1.165, 1.54) is 24.7 Å². The number of nitro groups is 1. The second-order valence-electron chi connectivity index (χ2n) is 3.78. The summed E-state index contributed by atoms with van der Waals surface area (Å²) >= 11 is 0. The van der Waals surface area contributed by atoms with E-state index in [2.05, 4.69) is 5.32 Å². The molecule has 0 atom stereocenters. The van der Waals surface area contributed by atoms with Crippen molar-refractivity contribution in [1.29, 1.82) is 0 Å². The van der Waals surface area contributed by atoms with Crippen LogP contribution in [0.25, 0.3) is 0 Å². The van der Waals surface area contributed by atoms with Gasteiger partial charge in [0.1, 0.15) is 0 Å². The Morgan fingerprint density at radius 1 is 1.42 bits per heavy atom. The average molecular weight is 262 g/mol. The summed E-state index contributed by atoms with van der Waals surface area (Å²) in [5.74, 6) is -1.15. The Hall–Kier alpha value is -2.83. The number of carbonyl (C=O) groups is 1. The highest BCUT2D eigenvalue weighted by Crippen LogP contribution is 2.23. The van der Waals surface area contributed by atoms with Crippen LogP contribution in [0.4, 0.5) is 11.4 Å². The minimum atomic E-state index is -1.15. The number of hydrogen-bond acceptors (Lipinski definition) is 5. The number of nitro benzene ring substituents is 1. The summed E-state index contributed by atoms with van der Waals surface area (Å²) in [6.07, 6.45) is 2.99. The van der Waals surface area contributed by atoms with Gasteiger partial charge >= 0.3 is 5.97 Å². The third kappa shape index (κ3) is 2.89. The Morgan fingerprint density at radius 3 is 2.79 bits per heavy atom. The Balaban J connectivity index is 2.27. The predicted octanol–water partition coefficient (Wildman–Crippen LogP) is 2.50. The number of hydrogen-bond donors (Lipinski definition) is 2. The van der Waals surface area contributed by atoms with E-state index in [0.717, 1.165) is 11.6 Å². The van der Waals surface area contributed by atoms with Crippen molar-refractivity contribution < 1.29 is 19.2 Å². The van der Waals surface area contributed by atoms with Crippen molar-refractivity contribution >= 4 is 17.3 Å². The minimum absolute atomic E-state index is 0.0194. The first-order chi connectivity index (χ1) is 9.08. The molecule has 7 heteroatoms. The fourth-order valence-corrected chi connectivity index (χ4v) is 1.57. The first-order valence-electron chi connectivity index (χ1n) is 5.34. The highest BCUT2D eigenvalue weighted by Gasteiger charge is 2.15. The van der Waals surface area contributed by atoms with Gasteiger partial charge in [-0.15, -0.1) is 0 Å². The zero-order valence-corrected chi connectivity index (χ0v) is 9.70. The summed E-state index contributed by atoms with van der Waals surface area (Å²) in [4.78, 5) is 21.1. The van der Waals surface area contributed by atoms with E-state index in [0.29, 0.717) is 6.54 Å². The van der Waals surface area contributed by atoms with Gasteiger partial charge in [0.2, 0.25) is 0 Å². The van der Waals surface area contributed by atoms with E-state index in [4.69, 9.17) is 9.52 Å². The molecule has 19 heavy (non-hydrogen) atoms. The smallest absolute Gasteiger partial charge is 0.337 e. The zero-order chi connectivity index (χ0) is 13.8. The van der Waals surface area contributed by atoms with Crippen LogP contribution in [0, 0.1) is 10.1 Å². The number of rotatable bonds is 5. The van der Waals surface area contributed by atoms with Gasteiger partial charge in [-0.1, -0.05) is 0 Å². The second-order valence-corrected chi connectivity index (χ2v) is 3.78. The maximum atomic E-state index is 11.0. The monoisotopic (exact) mass is 262 g/mol. The molecule has 1 aromatic carbocycles. The average Bonchev–Trinajstić information content (AvgIpc) is 2.88. The molecule has 0 fully saturated rings. The number of carboxylic acids is 1. The second kappa shape index (κ2) is 5.21. The number of aromatic carboxylic acids is 1. The number of non-ortho nitro benzene ring substituents is 1. The summed E-state index contributed by atoms with van der Waals surface area (Å²) in [5.41, 5.74) is 0.819. The van der Waals surface area contributed by atoms with Gasteiger partial charge in [-0.3, -0.25) is 10.1 Å². The molecular formula is C12H10N2O5. The van der Waals surface area contributed by atoms with E-state index in [9.17, 15) is 14.9 Å². The van der Waals surface area contributed by atoms with Crippen LogP contribution < -0.4 is 5.32 Å². The lowest BCUT2D eigenvalue weighted by atomic mass is 10.1. The van der Waals surface area contributed by atoms with Gasteiger partial charge in [0.05, 0.1) is 28.7 Å². The number of carboxylic acid groups (broad SMARTS) is 1. The molecule has 0 aliphatic rings. The third-order valence-corrected chi connectivity index (χ3v) is 2.51. The summed E-state index contributed by atoms with van der Waals surface area (Å²) in [5, 5.41) is 22.6. The number of anilines is 1. The van der Waals surface area contributed by atoms with Crippen LogP contribution in [0.2, 0.25) is 0 Å². The fraction of sp³-hybridized carbons (Fsp3) is 0.0833. The highest BCUT2D eigenvalue weighted by atomic mass is 16.6. The van der Waals surface area contributed by atoms with E-state index in [-0.39, 0.29) is 16.9 Å². The summed E-state index contributed by atoms with van der Waals surface area (Å²) in [7, 11) is 0. The molecule has 2 N–H and O–H groups in total. The summed E-state index contributed by atoms with van der Waals surface area (Å²) in [6, 6.07) is 5.28. The molecule has 98 valence electrons. The number of nitrogens with one attached hydrogen (secondary N) is 1. The normalized spacial score (nSPS) is 10.1. The minimum Gasteiger partial charge on any atom is -0.478 e. The molecule has 0 saturated heterocycles. The van der Waals surface area contributed by atoms with E-state index in [1.807, 2.05) is 0 Å². The van der Waals surface area contributed by atoms with Gasteiger partial charge in [-0.05, 0) is 12.1 Å². The van der Waals surface area contributed by atoms with Crippen LogP contribution in [0.3, 0.4) is 0 Å². The molecule has 7 nitrogen and oxygen atoms in total. The van der Waals surface area contributed by atoms with Gasteiger partial charge in [0.25, 0.3) is 5.69 Å². The SMILES string of the molecule is O=C(O)c1ccc([N+](=O)[O-])cc1NCc1ccoc1. The van der Waals surface area contributed by atoms with Crippen molar-refractivity contribution in [2.45, 2.75) is 6.54 Å². The highest BCUT2D eigenvalue weighted by molar-refractivity contribution is 5.94. The molecule has 0 saturated carbocycles. The molecule has 2 aromatic rings. The first-order valence-corrected chi connectivity index (χ1v) is 5.34.